The maximum atomic E-state index is 12.1. The minimum atomic E-state index is -0.0544. The minimum Gasteiger partial charge on any atom is -0.454 e. The number of amides is 1. The molecule has 1 aromatic heterocycles. The third-order valence-corrected chi connectivity index (χ3v) is 4.72. The SMILES string of the molecule is O=C(Cc1ccc2c(c1)OCO2)Nc1nc2c(s1)CCC2. The molecule has 6 heteroatoms. The lowest BCUT2D eigenvalue weighted by Crippen LogP contribution is -2.14. The first-order valence-electron chi connectivity index (χ1n) is 6.95. The van der Waals surface area contributed by atoms with Crippen molar-refractivity contribution < 1.29 is 14.3 Å². The van der Waals surface area contributed by atoms with E-state index in [4.69, 9.17) is 9.47 Å². The summed E-state index contributed by atoms with van der Waals surface area (Å²) >= 11 is 1.59. The zero-order chi connectivity index (χ0) is 14.2. The molecule has 4 rings (SSSR count). The van der Waals surface area contributed by atoms with Crippen molar-refractivity contribution in [1.82, 2.24) is 4.98 Å². The molecule has 0 saturated heterocycles. The van der Waals surface area contributed by atoms with Crippen LogP contribution in [0.5, 0.6) is 11.5 Å². The summed E-state index contributed by atoms with van der Waals surface area (Å²) in [7, 11) is 0. The van der Waals surface area contributed by atoms with E-state index in [-0.39, 0.29) is 12.7 Å². The van der Waals surface area contributed by atoms with Gasteiger partial charge < -0.3 is 14.8 Å². The van der Waals surface area contributed by atoms with Crippen LogP contribution in [0.1, 0.15) is 22.6 Å². The van der Waals surface area contributed by atoms with Gasteiger partial charge in [-0.05, 0) is 37.0 Å². The molecule has 1 aliphatic heterocycles. The number of hydrogen-bond acceptors (Lipinski definition) is 5. The predicted molar refractivity (Wildman–Crippen MR) is 79.0 cm³/mol. The average Bonchev–Trinajstić information content (AvgIpc) is 3.12. The molecule has 0 unspecified atom stereocenters. The first-order chi connectivity index (χ1) is 10.3. The number of carbonyl (C=O) groups is 1. The summed E-state index contributed by atoms with van der Waals surface area (Å²) in [5.41, 5.74) is 2.05. The predicted octanol–water partition coefficient (Wildman–Crippen LogP) is 2.54. The monoisotopic (exact) mass is 302 g/mol. The quantitative estimate of drug-likeness (QED) is 0.946. The number of benzene rings is 1. The van der Waals surface area contributed by atoms with Crippen LogP contribution >= 0.6 is 11.3 Å². The minimum absolute atomic E-state index is 0.0544. The van der Waals surface area contributed by atoms with E-state index in [1.165, 1.54) is 11.3 Å². The Morgan fingerprint density at radius 2 is 2.19 bits per heavy atom. The Labute approximate surface area is 125 Å². The van der Waals surface area contributed by atoms with E-state index >= 15 is 0 Å². The average molecular weight is 302 g/mol. The van der Waals surface area contributed by atoms with Crippen molar-refractivity contribution >= 4 is 22.4 Å². The molecule has 5 nitrogen and oxygen atoms in total. The zero-order valence-corrected chi connectivity index (χ0v) is 12.2. The smallest absolute Gasteiger partial charge is 0.231 e. The number of nitrogens with one attached hydrogen (secondary N) is 1. The Kier molecular flexibility index (Phi) is 3.03. The van der Waals surface area contributed by atoms with E-state index in [0.29, 0.717) is 17.3 Å². The lowest BCUT2D eigenvalue weighted by Gasteiger charge is -2.03. The van der Waals surface area contributed by atoms with E-state index in [0.717, 1.165) is 29.8 Å². The number of ether oxygens (including phenoxy) is 2. The lowest BCUT2D eigenvalue weighted by atomic mass is 10.1. The van der Waals surface area contributed by atoms with Gasteiger partial charge in [0.15, 0.2) is 16.6 Å². The number of thiazole rings is 1. The fourth-order valence-corrected chi connectivity index (χ4v) is 3.71. The molecule has 0 fully saturated rings. The number of fused-ring (bicyclic) bond motifs is 2. The van der Waals surface area contributed by atoms with Crippen molar-refractivity contribution in [2.75, 3.05) is 12.1 Å². The van der Waals surface area contributed by atoms with Gasteiger partial charge in [0, 0.05) is 4.88 Å². The van der Waals surface area contributed by atoms with Crippen LogP contribution < -0.4 is 14.8 Å². The second-order valence-corrected chi connectivity index (χ2v) is 6.24. The molecule has 2 aliphatic rings. The van der Waals surface area contributed by atoms with E-state index < -0.39 is 0 Å². The summed E-state index contributed by atoms with van der Waals surface area (Å²) < 4.78 is 10.6. The van der Waals surface area contributed by atoms with Crippen LogP contribution in [0.15, 0.2) is 18.2 Å². The third kappa shape index (κ3) is 2.47. The van der Waals surface area contributed by atoms with Crippen LogP contribution in [0.3, 0.4) is 0 Å². The highest BCUT2D eigenvalue weighted by Crippen LogP contribution is 2.33. The van der Waals surface area contributed by atoms with Crippen molar-refractivity contribution in [1.29, 1.82) is 0 Å². The highest BCUT2D eigenvalue weighted by molar-refractivity contribution is 7.15. The second-order valence-electron chi connectivity index (χ2n) is 5.16. The van der Waals surface area contributed by atoms with Gasteiger partial charge >= 0.3 is 0 Å². The molecule has 2 heterocycles. The van der Waals surface area contributed by atoms with Gasteiger partial charge in [0.2, 0.25) is 12.7 Å². The summed E-state index contributed by atoms with van der Waals surface area (Å²) in [6, 6.07) is 5.57. The highest BCUT2D eigenvalue weighted by Gasteiger charge is 2.18. The molecule has 0 radical (unpaired) electrons. The molecule has 0 atom stereocenters. The summed E-state index contributed by atoms with van der Waals surface area (Å²) in [5.74, 6) is 1.38. The molecular weight excluding hydrogens is 288 g/mol. The highest BCUT2D eigenvalue weighted by atomic mass is 32.1. The maximum Gasteiger partial charge on any atom is 0.231 e. The summed E-state index contributed by atoms with van der Waals surface area (Å²) in [4.78, 5) is 17.9. The topological polar surface area (TPSA) is 60.5 Å². The van der Waals surface area contributed by atoms with Gasteiger partial charge in [0.05, 0.1) is 12.1 Å². The molecule has 0 bridgehead atoms. The van der Waals surface area contributed by atoms with Crippen molar-refractivity contribution in [3.05, 3.63) is 34.3 Å². The number of nitrogens with zero attached hydrogens (tertiary/aromatic N) is 1. The van der Waals surface area contributed by atoms with Gasteiger partial charge in [0.25, 0.3) is 0 Å². The number of aromatic nitrogens is 1. The van der Waals surface area contributed by atoms with Crippen LogP contribution in [0.25, 0.3) is 0 Å². The Morgan fingerprint density at radius 1 is 1.29 bits per heavy atom. The van der Waals surface area contributed by atoms with Gasteiger partial charge in [-0.3, -0.25) is 4.79 Å². The molecule has 1 aliphatic carbocycles. The Hall–Kier alpha value is -2.08. The molecule has 0 saturated carbocycles. The summed E-state index contributed by atoms with van der Waals surface area (Å²) in [6.45, 7) is 0.246. The van der Waals surface area contributed by atoms with Crippen molar-refractivity contribution in [3.8, 4) is 11.5 Å². The lowest BCUT2D eigenvalue weighted by molar-refractivity contribution is -0.115. The summed E-state index contributed by atoms with van der Waals surface area (Å²) in [6.07, 6.45) is 3.61. The molecule has 1 aromatic carbocycles. The molecule has 1 amide bonds. The fraction of sp³-hybridized carbons (Fsp3) is 0.333. The van der Waals surface area contributed by atoms with Gasteiger partial charge in [-0.25, -0.2) is 4.98 Å². The van der Waals surface area contributed by atoms with Crippen LogP contribution in [0.2, 0.25) is 0 Å². The number of hydrogen-bond donors (Lipinski definition) is 1. The van der Waals surface area contributed by atoms with Crippen molar-refractivity contribution in [2.24, 2.45) is 0 Å². The number of rotatable bonds is 3. The van der Waals surface area contributed by atoms with Crippen molar-refractivity contribution in [3.63, 3.8) is 0 Å². The van der Waals surface area contributed by atoms with E-state index in [2.05, 4.69) is 10.3 Å². The van der Waals surface area contributed by atoms with E-state index in [1.54, 1.807) is 11.3 Å². The molecule has 108 valence electrons. The Balaban J connectivity index is 1.43. The Bertz CT molecular complexity index is 689. The fourth-order valence-electron chi connectivity index (χ4n) is 2.64. The first kappa shape index (κ1) is 12.6. The largest absolute Gasteiger partial charge is 0.454 e. The Morgan fingerprint density at radius 3 is 3.10 bits per heavy atom. The van der Waals surface area contributed by atoms with Gasteiger partial charge in [-0.15, -0.1) is 11.3 Å². The van der Waals surface area contributed by atoms with Gasteiger partial charge in [-0.2, -0.15) is 0 Å². The molecule has 21 heavy (non-hydrogen) atoms. The second kappa shape index (κ2) is 5.04. The number of carbonyl (C=O) groups excluding carboxylic acids is 1. The number of anilines is 1. The number of aryl methyl sites for hydroxylation is 2. The molecule has 0 spiro atoms. The van der Waals surface area contributed by atoms with Crippen LogP contribution in [-0.4, -0.2) is 17.7 Å². The van der Waals surface area contributed by atoms with E-state index in [1.807, 2.05) is 18.2 Å². The van der Waals surface area contributed by atoms with Crippen LogP contribution in [0.4, 0.5) is 5.13 Å². The summed E-state index contributed by atoms with van der Waals surface area (Å²) in [5, 5.41) is 3.60. The van der Waals surface area contributed by atoms with E-state index in [9.17, 15) is 4.79 Å². The molecular formula is C15H14N2O3S. The third-order valence-electron chi connectivity index (χ3n) is 3.64. The normalized spacial score (nSPS) is 15.0. The molecule has 2 aromatic rings. The van der Waals surface area contributed by atoms with Crippen LogP contribution in [0, 0.1) is 0 Å². The van der Waals surface area contributed by atoms with Gasteiger partial charge in [-0.1, -0.05) is 6.07 Å². The van der Waals surface area contributed by atoms with Crippen molar-refractivity contribution in [2.45, 2.75) is 25.7 Å². The maximum absolute atomic E-state index is 12.1. The zero-order valence-electron chi connectivity index (χ0n) is 11.3. The van der Waals surface area contributed by atoms with Crippen LogP contribution in [-0.2, 0) is 24.1 Å². The molecule has 1 N–H and O–H groups in total. The standard InChI is InChI=1S/C15H14N2O3S/c18-14(17-15-16-10-2-1-3-13(10)21-15)7-9-4-5-11-12(6-9)20-8-19-11/h4-6H,1-3,7-8H2,(H,16,17,18). The first-order valence-corrected chi connectivity index (χ1v) is 7.76. The van der Waals surface area contributed by atoms with Gasteiger partial charge in [0.1, 0.15) is 0 Å².